The van der Waals surface area contributed by atoms with Gasteiger partial charge in [0.15, 0.2) is 0 Å². The second-order valence-corrected chi connectivity index (χ2v) is 0.158. The van der Waals surface area contributed by atoms with Crippen LogP contribution in [-0.2, 0) is 0 Å². The van der Waals surface area contributed by atoms with E-state index in [0.29, 0.717) is 0 Å². The largest absolute Gasteiger partial charge is 1.00 e. The summed E-state index contributed by atoms with van der Waals surface area (Å²) in [6, 6.07) is 1.50. The monoisotopic (exact) mass is 81.0 g/mol. The van der Waals surface area contributed by atoms with Gasteiger partial charge in [-0.2, -0.15) is 0 Å². The summed E-state index contributed by atoms with van der Waals surface area (Å²) in [4.78, 5) is 0. The Kier molecular flexibility index (Phi) is 20.0. The zero-order chi connectivity index (χ0) is 2.71. The Labute approximate surface area is 68.4 Å². The molecule has 0 saturated carbocycles. The van der Waals surface area contributed by atoms with Crippen molar-refractivity contribution in [3.05, 3.63) is 6.92 Å². The Morgan fingerprint density at radius 2 is 1.75 bits per heavy atom. The Morgan fingerprint density at radius 1 is 1.75 bits per heavy atom. The molecule has 0 aromatic carbocycles. The summed E-state index contributed by atoms with van der Waals surface area (Å²) in [7, 11) is 0. The minimum absolute atomic E-state index is 0. The van der Waals surface area contributed by atoms with Gasteiger partial charge >= 0.3 is 51.4 Å². The van der Waals surface area contributed by atoms with Crippen molar-refractivity contribution in [3.63, 3.8) is 0 Å². The van der Waals surface area contributed by atoms with Gasteiger partial charge in [-0.3, -0.25) is 0 Å². The maximum Gasteiger partial charge on any atom is 1.00 e. The fourth-order valence-corrected chi connectivity index (χ4v) is 0. The number of hydrogen-bond donors (Lipinski definition) is 0. The normalized spacial score (nSPS) is 1.75. The molecule has 0 aromatic heterocycles. The first-order valence-corrected chi connectivity index (χ1v) is 0.577. The van der Waals surface area contributed by atoms with Gasteiger partial charge < -0.3 is 6.92 Å². The molecular formula is C2H2KN. The van der Waals surface area contributed by atoms with Crippen LogP contribution in [0.1, 0.15) is 0 Å². The van der Waals surface area contributed by atoms with Crippen LogP contribution in [0.4, 0.5) is 0 Å². The average molecular weight is 81.1 g/mol. The van der Waals surface area contributed by atoms with Crippen molar-refractivity contribution in [2.45, 2.75) is 0 Å². The first-order valence-electron chi connectivity index (χ1n) is 0.577. The topological polar surface area (TPSA) is 23.8 Å². The summed E-state index contributed by atoms with van der Waals surface area (Å²) in [5.74, 6) is 0. The third-order valence-electron chi connectivity index (χ3n) is 0. The molecule has 0 aliphatic rings. The van der Waals surface area contributed by atoms with E-state index in [2.05, 4.69) is 6.92 Å². The number of nitrogens with zero attached hydrogens (tertiary/aromatic N) is 1. The maximum atomic E-state index is 7.21. The molecule has 0 aromatic rings. The molecule has 0 atom stereocenters. The standard InChI is InChI=1S/C2H2N.K/c1-2-3;/h1H2;/q-1;+1/i1+2;. The summed E-state index contributed by atoms with van der Waals surface area (Å²) in [6.45, 7) is 2.79. The molecule has 1 nitrogen and oxygen atoms in total. The van der Waals surface area contributed by atoms with E-state index in [1.807, 2.05) is 0 Å². The zero-order valence-electron chi connectivity index (χ0n) is 2.65. The van der Waals surface area contributed by atoms with Gasteiger partial charge in [-0.15, -0.1) is 6.07 Å². The van der Waals surface area contributed by atoms with E-state index in [-0.39, 0.29) is 51.4 Å². The Hall–Kier alpha value is 0.996. The second kappa shape index (κ2) is 9.00. The van der Waals surface area contributed by atoms with Crippen LogP contribution in [0.15, 0.2) is 0 Å². The Balaban J connectivity index is 0. The Morgan fingerprint density at radius 3 is 1.75 bits per heavy atom. The molecular weight excluding hydrogens is 79.1 g/mol. The smallest absolute Gasteiger partial charge is 0.305 e. The van der Waals surface area contributed by atoms with Crippen molar-refractivity contribution < 1.29 is 51.4 Å². The van der Waals surface area contributed by atoms with E-state index in [0.717, 1.165) is 0 Å². The molecule has 16 valence electrons. The van der Waals surface area contributed by atoms with Gasteiger partial charge in [-0.05, 0) is 0 Å². The third kappa shape index (κ3) is 12.0. The number of rotatable bonds is 0. The molecule has 0 amide bonds. The van der Waals surface area contributed by atoms with Crippen LogP contribution in [-0.4, -0.2) is 0 Å². The molecule has 0 N–H and O–H groups in total. The average Bonchev–Trinajstić information content (AvgIpc) is 0.918. The fraction of sp³-hybridized carbons (Fsp3) is 0. The van der Waals surface area contributed by atoms with Crippen molar-refractivity contribution >= 4 is 0 Å². The molecule has 0 heterocycles. The van der Waals surface area contributed by atoms with E-state index in [4.69, 9.17) is 5.26 Å². The molecule has 0 saturated heterocycles. The first kappa shape index (κ1) is 8.89. The van der Waals surface area contributed by atoms with Gasteiger partial charge in [-0.1, -0.05) is 0 Å². The first-order chi connectivity index (χ1) is 1.41. The van der Waals surface area contributed by atoms with Gasteiger partial charge in [0.2, 0.25) is 0 Å². The molecule has 2 heteroatoms. The Bertz CT molecular complexity index is 27.5. The van der Waals surface area contributed by atoms with Crippen LogP contribution in [0.2, 0.25) is 0 Å². The molecule has 0 rings (SSSR count). The van der Waals surface area contributed by atoms with Crippen LogP contribution in [0.25, 0.3) is 0 Å². The van der Waals surface area contributed by atoms with E-state index >= 15 is 0 Å². The van der Waals surface area contributed by atoms with Gasteiger partial charge in [0, 0.05) is 0 Å². The van der Waals surface area contributed by atoms with Crippen LogP contribution in [0.3, 0.4) is 0 Å². The predicted octanol–water partition coefficient (Wildman–Crippen LogP) is -2.65. The second-order valence-electron chi connectivity index (χ2n) is 0.158. The van der Waals surface area contributed by atoms with E-state index in [1.54, 1.807) is 0 Å². The minimum atomic E-state index is 0. The molecule has 0 aliphatic carbocycles. The van der Waals surface area contributed by atoms with Crippen molar-refractivity contribution in [1.29, 1.82) is 5.26 Å². The van der Waals surface area contributed by atoms with Crippen LogP contribution in [0, 0.1) is 18.3 Å². The van der Waals surface area contributed by atoms with E-state index in [9.17, 15) is 0 Å². The molecule has 4 heavy (non-hydrogen) atoms. The van der Waals surface area contributed by atoms with Crippen LogP contribution >= 0.6 is 0 Å². The quantitative estimate of drug-likeness (QED) is 0.231. The summed E-state index contributed by atoms with van der Waals surface area (Å²) < 4.78 is 0. The van der Waals surface area contributed by atoms with Gasteiger partial charge in [0.1, 0.15) is 0 Å². The molecule has 0 unspecified atom stereocenters. The third-order valence-corrected chi connectivity index (χ3v) is 0. The van der Waals surface area contributed by atoms with Gasteiger partial charge in [0.05, 0.1) is 0 Å². The summed E-state index contributed by atoms with van der Waals surface area (Å²) in [5.41, 5.74) is 0. The van der Waals surface area contributed by atoms with Crippen molar-refractivity contribution in [2.75, 3.05) is 0 Å². The van der Waals surface area contributed by atoms with Crippen LogP contribution in [0.5, 0.6) is 0 Å². The van der Waals surface area contributed by atoms with Crippen molar-refractivity contribution in [1.82, 2.24) is 0 Å². The van der Waals surface area contributed by atoms with Crippen LogP contribution < -0.4 is 51.4 Å². The van der Waals surface area contributed by atoms with E-state index < -0.39 is 0 Å². The predicted molar refractivity (Wildman–Crippen MR) is 11.0 cm³/mol. The SMILES string of the molecule is [14CH2-]C#N.[K+]. The summed E-state index contributed by atoms with van der Waals surface area (Å²) >= 11 is 0. The molecule has 0 aliphatic heterocycles. The molecule has 0 bridgehead atoms. The molecule has 0 radical (unpaired) electrons. The van der Waals surface area contributed by atoms with Gasteiger partial charge in [0.25, 0.3) is 0 Å². The van der Waals surface area contributed by atoms with Crippen molar-refractivity contribution in [3.8, 4) is 6.07 Å². The van der Waals surface area contributed by atoms with E-state index in [1.165, 1.54) is 6.07 Å². The number of hydrogen-bond acceptors (Lipinski definition) is 1. The van der Waals surface area contributed by atoms with Crippen molar-refractivity contribution in [2.24, 2.45) is 0 Å². The number of nitriles is 1. The van der Waals surface area contributed by atoms with Gasteiger partial charge in [-0.25, -0.2) is 5.26 Å². The zero-order valence-corrected chi connectivity index (χ0v) is 5.78. The fourth-order valence-electron chi connectivity index (χ4n) is 0. The summed E-state index contributed by atoms with van der Waals surface area (Å²) in [5, 5.41) is 7.21. The molecule has 0 spiro atoms. The maximum absolute atomic E-state index is 7.21. The molecule has 0 fully saturated rings. The summed E-state index contributed by atoms with van der Waals surface area (Å²) in [6.07, 6.45) is 0. The minimum Gasteiger partial charge on any atom is -0.305 e.